The number of carbonyl (C=O) groups excluding carboxylic acids is 1. The van der Waals surface area contributed by atoms with E-state index in [0.29, 0.717) is 17.0 Å². The first kappa shape index (κ1) is 23.3. The maximum atomic E-state index is 13.1. The number of para-hydroxylation sites is 1. The fraction of sp³-hybridized carbons (Fsp3) is 0.217. The van der Waals surface area contributed by atoms with Crippen molar-refractivity contribution in [2.24, 2.45) is 5.10 Å². The van der Waals surface area contributed by atoms with Crippen LogP contribution in [0.2, 0.25) is 0 Å². The maximum Gasteiger partial charge on any atom is 0.347 e. The van der Waals surface area contributed by atoms with Gasteiger partial charge in [-0.25, -0.2) is 4.79 Å². The molecule has 11 heteroatoms. The van der Waals surface area contributed by atoms with Crippen LogP contribution in [0.25, 0.3) is 5.78 Å². The lowest BCUT2D eigenvalue weighted by Crippen LogP contribution is -2.33. The Labute approximate surface area is 203 Å². The maximum absolute atomic E-state index is 13.1. The Bertz CT molecular complexity index is 1470. The molecule has 34 heavy (non-hydrogen) atoms. The molecule has 174 valence electrons. The second kappa shape index (κ2) is 9.18. The number of methoxy groups -OCH3 is 1. The molecule has 0 bridgehead atoms. The summed E-state index contributed by atoms with van der Waals surface area (Å²) in [6, 6.07) is 11.8. The highest BCUT2D eigenvalue weighted by Crippen LogP contribution is 2.25. The number of ether oxygens (including phenoxy) is 2. The van der Waals surface area contributed by atoms with Crippen molar-refractivity contribution in [2.75, 3.05) is 7.11 Å². The molecule has 0 saturated carbocycles. The third-order valence-electron chi connectivity index (χ3n) is 4.83. The third kappa shape index (κ3) is 4.60. The van der Waals surface area contributed by atoms with E-state index in [9.17, 15) is 9.59 Å². The average Bonchev–Trinajstić information content (AvgIpc) is 3.27. The summed E-state index contributed by atoms with van der Waals surface area (Å²) in [6.45, 7) is 5.64. The molecule has 0 spiro atoms. The minimum Gasteiger partial charge on any atom is -0.496 e. The molecule has 0 amide bonds. The van der Waals surface area contributed by atoms with Crippen LogP contribution in [0.1, 0.15) is 42.4 Å². The van der Waals surface area contributed by atoms with Gasteiger partial charge in [-0.05, 0) is 30.3 Å². The lowest BCUT2D eigenvalue weighted by molar-refractivity contribution is 0.0731. The lowest BCUT2D eigenvalue weighted by atomic mass is 9.93. The molecule has 0 aliphatic heterocycles. The van der Waals surface area contributed by atoms with Gasteiger partial charge in [0.1, 0.15) is 29.1 Å². The predicted molar refractivity (Wildman–Crippen MR) is 129 cm³/mol. The van der Waals surface area contributed by atoms with E-state index in [1.807, 2.05) is 20.8 Å². The van der Waals surface area contributed by atoms with Crippen molar-refractivity contribution in [1.29, 1.82) is 0 Å². The van der Waals surface area contributed by atoms with E-state index < -0.39 is 16.9 Å². The van der Waals surface area contributed by atoms with Crippen LogP contribution in [-0.4, -0.2) is 43.8 Å². The first-order valence-electron chi connectivity index (χ1n) is 10.2. The SMILES string of the molecule is COc1ccccc1C(=O)Oc1ccc(Br)cc1/C=N/n1c(=O)c(C(C)(C)C)nn2cnnc12. The molecule has 0 fully saturated rings. The van der Waals surface area contributed by atoms with Crippen molar-refractivity contribution in [2.45, 2.75) is 26.2 Å². The molecule has 0 atom stereocenters. The second-order valence-electron chi connectivity index (χ2n) is 8.31. The summed E-state index contributed by atoms with van der Waals surface area (Å²) >= 11 is 3.42. The number of carbonyl (C=O) groups is 1. The Morgan fingerprint density at radius 1 is 1.15 bits per heavy atom. The highest BCUT2D eigenvalue weighted by Gasteiger charge is 2.24. The zero-order valence-electron chi connectivity index (χ0n) is 18.9. The summed E-state index contributed by atoms with van der Waals surface area (Å²) in [5.74, 6) is 0.202. The van der Waals surface area contributed by atoms with Gasteiger partial charge in [-0.3, -0.25) is 4.79 Å². The van der Waals surface area contributed by atoms with Gasteiger partial charge in [-0.1, -0.05) is 48.8 Å². The van der Waals surface area contributed by atoms with Crippen LogP contribution >= 0.6 is 15.9 Å². The van der Waals surface area contributed by atoms with Gasteiger partial charge < -0.3 is 9.47 Å². The third-order valence-corrected chi connectivity index (χ3v) is 5.32. The Kier molecular flexibility index (Phi) is 6.29. The van der Waals surface area contributed by atoms with Gasteiger partial charge in [0.15, 0.2) is 0 Å². The Balaban J connectivity index is 1.76. The molecule has 0 aliphatic carbocycles. The minimum absolute atomic E-state index is 0.150. The lowest BCUT2D eigenvalue weighted by Gasteiger charge is -2.17. The van der Waals surface area contributed by atoms with Crippen LogP contribution in [-0.2, 0) is 5.41 Å². The van der Waals surface area contributed by atoms with Gasteiger partial charge in [-0.2, -0.15) is 19.4 Å². The van der Waals surface area contributed by atoms with Gasteiger partial charge in [0.25, 0.3) is 11.3 Å². The standard InChI is InChI=1S/C23H21BrN6O4/c1-23(2,3)19-20(31)30(22-27-25-13-29(22)28-19)26-12-14-11-15(24)9-10-17(14)34-21(32)16-7-5-6-8-18(16)33-4/h5-13H,1-4H3/b26-12+. The van der Waals surface area contributed by atoms with E-state index >= 15 is 0 Å². The zero-order chi connectivity index (χ0) is 24.5. The summed E-state index contributed by atoms with van der Waals surface area (Å²) in [5.41, 5.74) is 0.0798. The molecular weight excluding hydrogens is 504 g/mol. The molecule has 0 unspecified atom stereocenters. The highest BCUT2D eigenvalue weighted by molar-refractivity contribution is 9.10. The average molecular weight is 525 g/mol. The van der Waals surface area contributed by atoms with E-state index in [4.69, 9.17) is 9.47 Å². The van der Waals surface area contributed by atoms with Crippen molar-refractivity contribution < 1.29 is 14.3 Å². The van der Waals surface area contributed by atoms with E-state index in [1.165, 1.54) is 24.2 Å². The number of esters is 1. The largest absolute Gasteiger partial charge is 0.496 e. The molecule has 0 saturated heterocycles. The van der Waals surface area contributed by atoms with Crippen molar-refractivity contribution >= 4 is 33.9 Å². The Morgan fingerprint density at radius 2 is 1.91 bits per heavy atom. The predicted octanol–water partition coefficient (Wildman–Crippen LogP) is 3.46. The van der Waals surface area contributed by atoms with Crippen LogP contribution in [0.4, 0.5) is 0 Å². The molecular formula is C23H21BrN6O4. The zero-order valence-corrected chi connectivity index (χ0v) is 20.5. The summed E-state index contributed by atoms with van der Waals surface area (Å²) in [6.07, 6.45) is 2.81. The van der Waals surface area contributed by atoms with Crippen LogP contribution < -0.4 is 15.0 Å². The molecule has 0 aliphatic rings. The van der Waals surface area contributed by atoms with E-state index in [0.717, 1.165) is 9.15 Å². The topological polar surface area (TPSA) is 113 Å². The van der Waals surface area contributed by atoms with Gasteiger partial charge in [0.05, 0.1) is 13.3 Å². The van der Waals surface area contributed by atoms with Gasteiger partial charge in [0.2, 0.25) is 0 Å². The molecule has 0 radical (unpaired) electrons. The van der Waals surface area contributed by atoms with Gasteiger partial charge in [-0.15, -0.1) is 10.2 Å². The van der Waals surface area contributed by atoms with Gasteiger partial charge >= 0.3 is 5.97 Å². The number of nitrogens with zero attached hydrogens (tertiary/aromatic N) is 6. The molecule has 4 rings (SSSR count). The number of aromatic nitrogens is 5. The first-order valence-corrected chi connectivity index (χ1v) is 11.0. The number of hydrogen-bond donors (Lipinski definition) is 0. The fourth-order valence-electron chi connectivity index (χ4n) is 3.15. The molecule has 2 aromatic carbocycles. The number of fused-ring (bicyclic) bond motifs is 1. The van der Waals surface area contributed by atoms with Crippen molar-refractivity contribution in [3.8, 4) is 11.5 Å². The van der Waals surface area contributed by atoms with Crippen molar-refractivity contribution in [1.82, 2.24) is 24.5 Å². The first-order chi connectivity index (χ1) is 16.2. The van der Waals surface area contributed by atoms with Crippen LogP contribution in [0.15, 0.2) is 63.2 Å². The summed E-state index contributed by atoms with van der Waals surface area (Å²) in [7, 11) is 1.48. The van der Waals surface area contributed by atoms with E-state index in [-0.39, 0.29) is 17.1 Å². The monoisotopic (exact) mass is 524 g/mol. The van der Waals surface area contributed by atoms with Crippen molar-refractivity contribution in [3.05, 3.63) is 80.4 Å². The summed E-state index contributed by atoms with van der Waals surface area (Å²) in [5, 5.41) is 16.5. The normalized spacial score (nSPS) is 11.8. The summed E-state index contributed by atoms with van der Waals surface area (Å²) in [4.78, 5) is 25.9. The van der Waals surface area contributed by atoms with Gasteiger partial charge in [0, 0.05) is 15.5 Å². The number of hydrogen-bond acceptors (Lipinski definition) is 8. The van der Waals surface area contributed by atoms with Crippen LogP contribution in [0.5, 0.6) is 11.5 Å². The highest BCUT2D eigenvalue weighted by atomic mass is 79.9. The quantitative estimate of drug-likeness (QED) is 0.223. The van der Waals surface area contributed by atoms with E-state index in [1.54, 1.807) is 42.5 Å². The van der Waals surface area contributed by atoms with Crippen LogP contribution in [0.3, 0.4) is 0 Å². The van der Waals surface area contributed by atoms with E-state index in [2.05, 4.69) is 36.3 Å². The second-order valence-corrected chi connectivity index (χ2v) is 9.22. The van der Waals surface area contributed by atoms with Crippen LogP contribution in [0, 0.1) is 0 Å². The fourth-order valence-corrected chi connectivity index (χ4v) is 3.53. The summed E-state index contributed by atoms with van der Waals surface area (Å²) < 4.78 is 14.1. The minimum atomic E-state index is -0.592. The Hall–Kier alpha value is -3.86. The molecule has 0 N–H and O–H groups in total. The molecule has 2 heterocycles. The Morgan fingerprint density at radius 3 is 2.65 bits per heavy atom. The number of rotatable bonds is 5. The molecule has 2 aromatic heterocycles. The molecule has 4 aromatic rings. The van der Waals surface area contributed by atoms with Crippen molar-refractivity contribution in [3.63, 3.8) is 0 Å². The number of benzene rings is 2. The number of halogens is 1. The smallest absolute Gasteiger partial charge is 0.347 e. The molecule has 10 nitrogen and oxygen atoms in total.